The van der Waals surface area contributed by atoms with Gasteiger partial charge in [-0.15, -0.1) is 0 Å². The summed E-state index contributed by atoms with van der Waals surface area (Å²) in [5.41, 5.74) is 5.15. The number of β-amino-alcohol motifs (C(OH)–C–C–N with tert-alkyl or cyclic N) is 1. The van der Waals surface area contributed by atoms with Crippen LogP contribution in [0.4, 0.5) is 4.39 Å². The first kappa shape index (κ1) is 22.3. The van der Waals surface area contributed by atoms with E-state index >= 15 is 0 Å². The van der Waals surface area contributed by atoms with E-state index < -0.39 is 45.7 Å². The summed E-state index contributed by atoms with van der Waals surface area (Å²) >= 11 is 0. The number of sulfonamides is 1. The van der Waals surface area contributed by atoms with Gasteiger partial charge in [0, 0.05) is 19.0 Å². The van der Waals surface area contributed by atoms with E-state index in [-0.39, 0.29) is 24.4 Å². The van der Waals surface area contributed by atoms with Crippen LogP contribution in [0.15, 0.2) is 29.2 Å². The van der Waals surface area contributed by atoms with Crippen LogP contribution in [0.2, 0.25) is 0 Å². The standard InChI is InChI=1S/C18H25FN3O5S/c1-12(18(20)25)7-8-17(24)21-15-6-3-9-22(11-16(15)23)28(26,27)14-5-2-4-13(19)10-14/h2,4-5,8,10,12,15-16,23H,3,6-7,9,11H2,1H3,(H2,20,25)(H,21,24)/t12?,15?,16-/m0/s1. The van der Waals surface area contributed by atoms with Gasteiger partial charge in [0.15, 0.2) is 0 Å². The maximum Gasteiger partial charge on any atom is 0.243 e. The molecule has 10 heteroatoms. The predicted molar refractivity (Wildman–Crippen MR) is 99.6 cm³/mol. The fourth-order valence-electron chi connectivity index (χ4n) is 2.91. The van der Waals surface area contributed by atoms with Crippen molar-refractivity contribution in [1.29, 1.82) is 0 Å². The maximum atomic E-state index is 13.4. The first-order valence-electron chi connectivity index (χ1n) is 8.98. The number of benzene rings is 1. The van der Waals surface area contributed by atoms with Gasteiger partial charge in [-0.25, -0.2) is 12.8 Å². The van der Waals surface area contributed by atoms with Crippen molar-refractivity contribution < 1.29 is 27.5 Å². The molecule has 1 heterocycles. The normalized spacial score (nSPS) is 22.2. The molecule has 0 aromatic heterocycles. The highest BCUT2D eigenvalue weighted by Gasteiger charge is 2.33. The largest absolute Gasteiger partial charge is 0.390 e. The number of hydrogen-bond donors (Lipinski definition) is 3. The van der Waals surface area contributed by atoms with Crippen molar-refractivity contribution in [2.75, 3.05) is 13.1 Å². The minimum atomic E-state index is -3.96. The number of halogens is 1. The number of nitrogens with two attached hydrogens (primary N) is 1. The van der Waals surface area contributed by atoms with Crippen molar-refractivity contribution in [3.63, 3.8) is 0 Å². The summed E-state index contributed by atoms with van der Waals surface area (Å²) in [4.78, 5) is 22.9. The van der Waals surface area contributed by atoms with Crippen LogP contribution in [0.1, 0.15) is 26.2 Å². The summed E-state index contributed by atoms with van der Waals surface area (Å²) < 4.78 is 39.9. The number of carbonyl (C=O) groups is 2. The van der Waals surface area contributed by atoms with Crippen molar-refractivity contribution in [1.82, 2.24) is 9.62 Å². The van der Waals surface area contributed by atoms with Gasteiger partial charge in [-0.05, 0) is 37.5 Å². The van der Waals surface area contributed by atoms with Crippen LogP contribution in [0.3, 0.4) is 0 Å². The van der Waals surface area contributed by atoms with E-state index in [4.69, 9.17) is 5.73 Å². The van der Waals surface area contributed by atoms with Gasteiger partial charge in [0.25, 0.3) is 0 Å². The number of aliphatic hydroxyl groups is 1. The fraction of sp³-hybridized carbons (Fsp3) is 0.500. The molecule has 1 aromatic rings. The zero-order valence-electron chi connectivity index (χ0n) is 15.5. The zero-order valence-corrected chi connectivity index (χ0v) is 16.4. The highest BCUT2D eigenvalue weighted by molar-refractivity contribution is 7.89. The van der Waals surface area contributed by atoms with E-state index in [1.807, 2.05) is 0 Å². The summed E-state index contributed by atoms with van der Waals surface area (Å²) in [6.07, 6.45) is 1.12. The van der Waals surface area contributed by atoms with Crippen molar-refractivity contribution in [2.24, 2.45) is 11.7 Å². The van der Waals surface area contributed by atoms with Crippen LogP contribution < -0.4 is 11.1 Å². The molecule has 1 radical (unpaired) electrons. The molecule has 0 spiro atoms. The average Bonchev–Trinajstić information content (AvgIpc) is 2.81. The van der Waals surface area contributed by atoms with Gasteiger partial charge in [0.05, 0.1) is 23.5 Å². The van der Waals surface area contributed by atoms with Crippen LogP contribution in [0.25, 0.3) is 0 Å². The number of amides is 2. The highest BCUT2D eigenvalue weighted by atomic mass is 32.2. The third-order valence-electron chi connectivity index (χ3n) is 4.68. The lowest BCUT2D eigenvalue weighted by Gasteiger charge is -2.25. The van der Waals surface area contributed by atoms with E-state index in [1.165, 1.54) is 18.6 Å². The zero-order chi connectivity index (χ0) is 20.9. The van der Waals surface area contributed by atoms with E-state index in [0.29, 0.717) is 12.8 Å². The topological polar surface area (TPSA) is 130 Å². The van der Waals surface area contributed by atoms with Crippen LogP contribution in [-0.2, 0) is 19.6 Å². The van der Waals surface area contributed by atoms with Gasteiger partial charge in [0.2, 0.25) is 21.8 Å². The third kappa shape index (κ3) is 5.73. The van der Waals surface area contributed by atoms with Crippen molar-refractivity contribution in [3.8, 4) is 0 Å². The number of hydrogen-bond acceptors (Lipinski definition) is 5. The van der Waals surface area contributed by atoms with Crippen molar-refractivity contribution >= 4 is 21.8 Å². The molecule has 8 nitrogen and oxygen atoms in total. The number of nitrogens with one attached hydrogen (secondary N) is 1. The highest BCUT2D eigenvalue weighted by Crippen LogP contribution is 2.21. The smallest absolute Gasteiger partial charge is 0.243 e. The minimum Gasteiger partial charge on any atom is -0.390 e. The molecule has 28 heavy (non-hydrogen) atoms. The molecule has 1 aromatic carbocycles. The van der Waals surface area contributed by atoms with Gasteiger partial charge < -0.3 is 16.2 Å². The van der Waals surface area contributed by atoms with Gasteiger partial charge in [-0.3, -0.25) is 9.59 Å². The Labute approximate surface area is 163 Å². The molecule has 0 aliphatic carbocycles. The van der Waals surface area contributed by atoms with Crippen LogP contribution in [0.5, 0.6) is 0 Å². The van der Waals surface area contributed by atoms with Crippen LogP contribution in [0, 0.1) is 18.2 Å². The molecule has 2 unspecified atom stereocenters. The Hall–Kier alpha value is -2.04. The summed E-state index contributed by atoms with van der Waals surface area (Å²) in [7, 11) is -3.96. The summed E-state index contributed by atoms with van der Waals surface area (Å²) in [5.74, 6) is -2.13. The molecule has 4 N–H and O–H groups in total. The SMILES string of the molecule is CC(C[CH]C(=O)NC1CCCN(S(=O)(=O)c2cccc(F)c2)C[C@@H]1O)C(N)=O. The summed E-state index contributed by atoms with van der Waals surface area (Å²) in [6, 6.07) is 4.05. The molecule has 155 valence electrons. The third-order valence-corrected chi connectivity index (χ3v) is 6.54. The van der Waals surface area contributed by atoms with E-state index in [2.05, 4.69) is 5.32 Å². The molecule has 1 aliphatic rings. The second-order valence-corrected chi connectivity index (χ2v) is 8.83. The van der Waals surface area contributed by atoms with Crippen molar-refractivity contribution in [3.05, 3.63) is 36.5 Å². The van der Waals surface area contributed by atoms with Gasteiger partial charge in [-0.2, -0.15) is 4.31 Å². The van der Waals surface area contributed by atoms with E-state index in [0.717, 1.165) is 16.4 Å². The average molecular weight is 414 g/mol. The number of primary amides is 1. The first-order chi connectivity index (χ1) is 13.1. The Kier molecular flexibility index (Phi) is 7.50. The van der Waals surface area contributed by atoms with Gasteiger partial charge in [-0.1, -0.05) is 13.0 Å². The molecule has 3 atom stereocenters. The lowest BCUT2D eigenvalue weighted by molar-refractivity contribution is -0.121. The summed E-state index contributed by atoms with van der Waals surface area (Å²) in [6.45, 7) is 1.52. The Morgan fingerprint density at radius 3 is 2.82 bits per heavy atom. The monoisotopic (exact) mass is 414 g/mol. The second kappa shape index (κ2) is 9.44. The molecular formula is C18H25FN3O5S. The molecule has 1 saturated heterocycles. The Balaban J connectivity index is 2.00. The first-order valence-corrected chi connectivity index (χ1v) is 10.4. The lowest BCUT2D eigenvalue weighted by atomic mass is 10.0. The molecule has 2 rings (SSSR count). The number of aliphatic hydroxyl groups excluding tert-OH is 1. The maximum absolute atomic E-state index is 13.4. The number of carbonyl (C=O) groups excluding carboxylic acids is 2. The molecule has 0 bridgehead atoms. The van der Waals surface area contributed by atoms with E-state index in [9.17, 15) is 27.5 Å². The summed E-state index contributed by atoms with van der Waals surface area (Å²) in [5, 5.41) is 13.1. The van der Waals surface area contributed by atoms with Crippen molar-refractivity contribution in [2.45, 2.75) is 43.2 Å². The van der Waals surface area contributed by atoms with Gasteiger partial charge >= 0.3 is 0 Å². The number of nitrogens with zero attached hydrogens (tertiary/aromatic N) is 1. The lowest BCUT2D eigenvalue weighted by Crippen LogP contribution is -2.47. The van der Waals surface area contributed by atoms with Gasteiger partial charge in [0.1, 0.15) is 5.82 Å². The molecule has 1 fully saturated rings. The van der Waals surface area contributed by atoms with Crippen LogP contribution in [-0.4, -0.2) is 54.9 Å². The number of rotatable bonds is 7. The molecule has 1 aliphatic heterocycles. The Bertz CT molecular complexity index is 817. The second-order valence-electron chi connectivity index (χ2n) is 6.89. The molecule has 0 saturated carbocycles. The quantitative estimate of drug-likeness (QED) is 0.586. The van der Waals surface area contributed by atoms with Crippen LogP contribution >= 0.6 is 0 Å². The minimum absolute atomic E-state index is 0.144. The van der Waals surface area contributed by atoms with E-state index in [1.54, 1.807) is 6.92 Å². The molecular weight excluding hydrogens is 389 g/mol. The molecule has 2 amide bonds. The fourth-order valence-corrected chi connectivity index (χ4v) is 4.44. The Morgan fingerprint density at radius 2 is 2.18 bits per heavy atom. The Morgan fingerprint density at radius 1 is 1.46 bits per heavy atom. The predicted octanol–water partition coefficient (Wildman–Crippen LogP) is 0.172.